The summed E-state index contributed by atoms with van der Waals surface area (Å²) >= 11 is 0. The molecule has 2 aromatic carbocycles. The van der Waals surface area contributed by atoms with Gasteiger partial charge in [0.2, 0.25) is 0 Å². The molecule has 0 spiro atoms. The third kappa shape index (κ3) is 4.85. The fourth-order valence-electron chi connectivity index (χ4n) is 6.28. The van der Waals surface area contributed by atoms with Crippen molar-refractivity contribution in [2.24, 2.45) is 18.7 Å². The molecule has 7 rings (SSSR count). The SMILES string of the molecule is [B][C@@]1(N)C[C@@H](F)CN(C(=O)c2cc(OC)c3c(c2)nc(-c2cc4ccccc4n2CC2CC2)n3Cc2cnn(C)c2)C1. The summed E-state index contributed by atoms with van der Waals surface area (Å²) in [5, 5.41) is 5.52. The molecule has 0 unspecified atom stereocenters. The Labute approximate surface area is 244 Å². The van der Waals surface area contributed by atoms with Crippen LogP contribution < -0.4 is 10.5 Å². The van der Waals surface area contributed by atoms with Crippen molar-refractivity contribution in [2.45, 2.75) is 44.0 Å². The Kier molecular flexibility index (Phi) is 6.38. The molecule has 2 fully saturated rings. The van der Waals surface area contributed by atoms with Gasteiger partial charge in [-0.3, -0.25) is 9.48 Å². The third-order valence-electron chi connectivity index (χ3n) is 8.34. The largest absolute Gasteiger partial charge is 0.494 e. The van der Waals surface area contributed by atoms with E-state index in [-0.39, 0.29) is 25.4 Å². The van der Waals surface area contributed by atoms with Crippen LogP contribution in [0.5, 0.6) is 5.75 Å². The number of carbonyl (C=O) groups excluding carboxylic acids is 1. The van der Waals surface area contributed by atoms with Crippen molar-refractivity contribution in [2.75, 3.05) is 20.2 Å². The van der Waals surface area contributed by atoms with E-state index in [0.717, 1.165) is 34.5 Å². The molecule has 3 aromatic heterocycles. The molecular weight excluding hydrogens is 532 g/mol. The first-order valence-corrected chi connectivity index (χ1v) is 14.3. The number of imidazole rings is 1. The third-order valence-corrected chi connectivity index (χ3v) is 8.34. The van der Waals surface area contributed by atoms with Crippen molar-refractivity contribution in [3.63, 3.8) is 0 Å². The summed E-state index contributed by atoms with van der Waals surface area (Å²) in [5.41, 5.74) is 9.69. The maximum Gasteiger partial charge on any atom is 0.254 e. The zero-order valence-corrected chi connectivity index (χ0v) is 23.8. The van der Waals surface area contributed by atoms with E-state index in [0.29, 0.717) is 29.3 Å². The quantitative estimate of drug-likeness (QED) is 0.303. The lowest BCUT2D eigenvalue weighted by Crippen LogP contribution is -2.59. The van der Waals surface area contributed by atoms with Crippen LogP contribution in [-0.4, -0.2) is 74.4 Å². The molecule has 42 heavy (non-hydrogen) atoms. The van der Waals surface area contributed by atoms with E-state index in [9.17, 15) is 9.18 Å². The van der Waals surface area contributed by atoms with Crippen LogP contribution in [0.4, 0.5) is 4.39 Å². The fourth-order valence-corrected chi connectivity index (χ4v) is 6.28. The van der Waals surface area contributed by atoms with Crippen molar-refractivity contribution >= 4 is 35.7 Å². The van der Waals surface area contributed by atoms with Crippen LogP contribution >= 0.6 is 0 Å². The average molecular weight is 565 g/mol. The molecule has 1 aliphatic heterocycles. The Hall–Kier alpha value is -4.12. The second-order valence-electron chi connectivity index (χ2n) is 12.0. The van der Waals surface area contributed by atoms with Gasteiger partial charge in [-0.15, -0.1) is 0 Å². The zero-order chi connectivity index (χ0) is 29.2. The highest BCUT2D eigenvalue weighted by Gasteiger charge is 2.36. The highest BCUT2D eigenvalue weighted by atomic mass is 19.1. The minimum absolute atomic E-state index is 0.0100. The van der Waals surface area contributed by atoms with Crippen LogP contribution in [0.2, 0.25) is 0 Å². The number of nitrogens with two attached hydrogens (primary N) is 1. The first-order valence-electron chi connectivity index (χ1n) is 14.3. The standard InChI is InChI=1S/C31H33BFN7O2/c1-37-14-20(13-35-37)16-40-28-24(9-22(11-27(28)42-2)30(41)38-17-23(33)12-31(32,34)18-38)36-29(40)26-10-21-5-3-4-6-25(21)39(26)15-19-7-8-19/h3-6,9-11,13-14,19,23H,7-8,12,15-18,34H2,1-2H3/t23-,31-/m1/s1. The summed E-state index contributed by atoms with van der Waals surface area (Å²) < 4.78 is 26.6. The molecule has 1 saturated heterocycles. The van der Waals surface area contributed by atoms with E-state index < -0.39 is 11.6 Å². The van der Waals surface area contributed by atoms with Gasteiger partial charge in [0.05, 0.1) is 45.5 Å². The number of aromatic nitrogens is 5. The average Bonchev–Trinajstić information content (AvgIpc) is 3.41. The zero-order valence-electron chi connectivity index (χ0n) is 23.8. The van der Waals surface area contributed by atoms with Crippen molar-refractivity contribution < 1.29 is 13.9 Å². The molecule has 1 aliphatic carbocycles. The molecule has 9 nitrogen and oxygen atoms in total. The van der Waals surface area contributed by atoms with E-state index in [1.165, 1.54) is 23.3 Å². The smallest absolute Gasteiger partial charge is 0.254 e. The summed E-state index contributed by atoms with van der Waals surface area (Å²) in [6.45, 7) is 1.43. The minimum Gasteiger partial charge on any atom is -0.494 e. The summed E-state index contributed by atoms with van der Waals surface area (Å²) in [4.78, 5) is 20.2. The maximum atomic E-state index is 14.5. The number of halogens is 1. The molecule has 2 N–H and O–H groups in total. The Balaban J connectivity index is 1.40. The number of likely N-dealkylation sites (tertiary alicyclic amines) is 1. The number of benzene rings is 2. The van der Waals surface area contributed by atoms with Gasteiger partial charge in [0.25, 0.3) is 5.91 Å². The second kappa shape index (κ2) is 10.0. The van der Waals surface area contributed by atoms with Crippen LogP contribution in [-0.2, 0) is 20.1 Å². The lowest BCUT2D eigenvalue weighted by molar-refractivity contribution is 0.0574. The molecule has 1 saturated carbocycles. The summed E-state index contributed by atoms with van der Waals surface area (Å²) in [6, 6.07) is 14.0. The number of para-hydroxylation sites is 1. The van der Waals surface area contributed by atoms with Gasteiger partial charge in [-0.2, -0.15) is 5.10 Å². The summed E-state index contributed by atoms with van der Waals surface area (Å²) in [7, 11) is 9.54. The fraction of sp³-hybridized carbons (Fsp3) is 0.387. The van der Waals surface area contributed by atoms with E-state index in [1.54, 1.807) is 23.9 Å². The van der Waals surface area contributed by atoms with Crippen LogP contribution in [0.1, 0.15) is 35.2 Å². The molecule has 11 heteroatoms. The number of methoxy groups -OCH3 is 1. The van der Waals surface area contributed by atoms with Crippen LogP contribution in [0.15, 0.2) is 54.9 Å². The van der Waals surface area contributed by atoms with Crippen LogP contribution in [0, 0.1) is 5.92 Å². The first-order chi connectivity index (χ1) is 20.2. The van der Waals surface area contributed by atoms with Gasteiger partial charge in [-0.25, -0.2) is 9.37 Å². The highest BCUT2D eigenvalue weighted by Crippen LogP contribution is 2.39. The topological polar surface area (TPSA) is 96.1 Å². The molecule has 2 radical (unpaired) electrons. The maximum absolute atomic E-state index is 14.5. The number of ether oxygens (including phenoxy) is 1. The van der Waals surface area contributed by atoms with Gasteiger partial charge in [-0.1, -0.05) is 18.2 Å². The van der Waals surface area contributed by atoms with Gasteiger partial charge in [-0.05, 0) is 54.9 Å². The molecule has 5 aromatic rings. The second-order valence-corrected chi connectivity index (χ2v) is 12.0. The number of piperidine rings is 1. The Morgan fingerprint density at radius 2 is 2.02 bits per heavy atom. The van der Waals surface area contributed by atoms with Gasteiger partial charge in [0.15, 0.2) is 5.82 Å². The molecule has 214 valence electrons. The minimum atomic E-state index is -1.29. The number of hydrogen-bond acceptors (Lipinski definition) is 5. The van der Waals surface area contributed by atoms with E-state index in [2.05, 4.69) is 38.5 Å². The number of carbonyl (C=O) groups is 1. The number of fused-ring (bicyclic) bond motifs is 2. The van der Waals surface area contributed by atoms with Gasteiger partial charge >= 0.3 is 0 Å². The van der Waals surface area contributed by atoms with Gasteiger partial charge in [0.1, 0.15) is 17.4 Å². The summed E-state index contributed by atoms with van der Waals surface area (Å²) in [5.74, 6) is 1.57. The predicted molar refractivity (Wildman–Crippen MR) is 160 cm³/mol. The van der Waals surface area contributed by atoms with Crippen LogP contribution in [0.25, 0.3) is 33.5 Å². The Bertz CT molecular complexity index is 1820. The van der Waals surface area contributed by atoms with E-state index in [4.69, 9.17) is 23.3 Å². The molecule has 1 amide bonds. The lowest BCUT2D eigenvalue weighted by Gasteiger charge is -2.40. The molecule has 4 heterocycles. The van der Waals surface area contributed by atoms with E-state index in [1.807, 2.05) is 25.5 Å². The Morgan fingerprint density at radius 3 is 2.74 bits per heavy atom. The number of hydrogen-bond donors (Lipinski definition) is 1. The number of aryl methyl sites for hydroxylation is 1. The van der Waals surface area contributed by atoms with Crippen LogP contribution in [0.3, 0.4) is 0 Å². The number of alkyl halides is 1. The van der Waals surface area contributed by atoms with E-state index >= 15 is 0 Å². The first kappa shape index (κ1) is 26.8. The molecule has 2 atom stereocenters. The Morgan fingerprint density at radius 1 is 1.21 bits per heavy atom. The summed E-state index contributed by atoms with van der Waals surface area (Å²) in [6.07, 6.45) is 4.99. The van der Waals surface area contributed by atoms with Crippen molar-refractivity contribution in [3.8, 4) is 17.3 Å². The predicted octanol–water partition coefficient (Wildman–Crippen LogP) is 3.87. The number of rotatable bonds is 7. The van der Waals surface area contributed by atoms with Gasteiger partial charge in [0, 0.05) is 48.4 Å². The van der Waals surface area contributed by atoms with Crippen molar-refractivity contribution in [1.82, 2.24) is 28.8 Å². The highest BCUT2D eigenvalue weighted by molar-refractivity contribution is 6.15. The lowest BCUT2D eigenvalue weighted by atomic mass is 9.72. The molecular formula is C31H33BFN7O2. The number of amides is 1. The van der Waals surface area contributed by atoms with Gasteiger partial charge < -0.3 is 24.5 Å². The number of nitrogens with zero attached hydrogens (tertiary/aromatic N) is 6. The molecule has 2 aliphatic rings. The normalized spacial score (nSPS) is 21.0. The monoisotopic (exact) mass is 565 g/mol. The van der Waals surface area contributed by atoms with Crippen molar-refractivity contribution in [3.05, 3.63) is 66.0 Å². The molecule has 0 bridgehead atoms. The van der Waals surface area contributed by atoms with Crippen molar-refractivity contribution in [1.29, 1.82) is 0 Å².